The van der Waals surface area contributed by atoms with Gasteiger partial charge in [0.25, 0.3) is 5.89 Å². The minimum Gasteiger partial charge on any atom is -0.332 e. The maximum absolute atomic E-state index is 8.68. The van der Waals surface area contributed by atoms with E-state index in [2.05, 4.69) is 22.0 Å². The van der Waals surface area contributed by atoms with E-state index < -0.39 is 0 Å². The third-order valence-corrected chi connectivity index (χ3v) is 3.32. The molecular formula is C12H12N4OS. The van der Waals surface area contributed by atoms with E-state index in [-0.39, 0.29) is 0 Å². The Morgan fingerprint density at radius 3 is 3.00 bits per heavy atom. The van der Waals surface area contributed by atoms with Crippen molar-refractivity contribution in [3.05, 3.63) is 29.7 Å². The van der Waals surface area contributed by atoms with Gasteiger partial charge in [0.1, 0.15) is 11.8 Å². The summed E-state index contributed by atoms with van der Waals surface area (Å²) >= 11 is 1.77. The molecule has 6 heteroatoms. The summed E-state index contributed by atoms with van der Waals surface area (Å²) < 4.78 is 5.14. The highest BCUT2D eigenvalue weighted by molar-refractivity contribution is 7.98. The fourth-order valence-electron chi connectivity index (χ4n) is 1.31. The van der Waals surface area contributed by atoms with E-state index in [4.69, 9.17) is 9.78 Å². The fourth-order valence-corrected chi connectivity index (χ4v) is 2.04. The Labute approximate surface area is 109 Å². The maximum atomic E-state index is 8.68. The summed E-state index contributed by atoms with van der Waals surface area (Å²) in [6.07, 6.45) is 2.62. The van der Waals surface area contributed by atoms with Crippen LogP contribution in [-0.2, 0) is 5.75 Å². The number of rotatable bonds is 5. The molecule has 0 saturated heterocycles. The molecule has 0 saturated carbocycles. The fraction of sp³-hybridized carbons (Fsp3) is 0.333. The molecule has 2 aromatic heterocycles. The van der Waals surface area contributed by atoms with Gasteiger partial charge in [-0.3, -0.25) is 0 Å². The number of hydrogen-bond acceptors (Lipinski definition) is 6. The van der Waals surface area contributed by atoms with Crippen LogP contribution >= 0.6 is 11.8 Å². The molecule has 0 fully saturated rings. The molecule has 0 N–H and O–H groups in total. The normalized spacial score (nSPS) is 10.2. The van der Waals surface area contributed by atoms with Crippen molar-refractivity contribution in [3.63, 3.8) is 0 Å². The van der Waals surface area contributed by atoms with Gasteiger partial charge in [-0.1, -0.05) is 12.1 Å². The summed E-state index contributed by atoms with van der Waals surface area (Å²) in [6.45, 7) is 2.13. The first-order chi connectivity index (χ1) is 8.83. The molecule has 2 heterocycles. The maximum Gasteiger partial charge on any atom is 0.276 e. The quantitative estimate of drug-likeness (QED) is 0.769. The lowest BCUT2D eigenvalue weighted by Crippen LogP contribution is -1.87. The zero-order valence-corrected chi connectivity index (χ0v) is 10.8. The number of hydrogen-bond donors (Lipinski definition) is 0. The third kappa shape index (κ3) is 3.08. The molecule has 0 aliphatic heterocycles. The Kier molecular flexibility index (Phi) is 4.31. The van der Waals surface area contributed by atoms with Crippen LogP contribution in [0.2, 0.25) is 0 Å². The molecule has 0 radical (unpaired) electrons. The molecule has 5 nitrogen and oxygen atoms in total. The van der Waals surface area contributed by atoms with Crippen molar-refractivity contribution in [2.24, 2.45) is 0 Å². The second-order valence-electron chi connectivity index (χ2n) is 3.61. The smallest absolute Gasteiger partial charge is 0.276 e. The van der Waals surface area contributed by atoms with Gasteiger partial charge in [-0.25, -0.2) is 4.98 Å². The molecular weight excluding hydrogens is 248 g/mol. The minimum atomic E-state index is 0.395. The molecule has 0 amide bonds. The van der Waals surface area contributed by atoms with Crippen LogP contribution in [0.3, 0.4) is 0 Å². The molecule has 2 aromatic rings. The molecule has 0 aliphatic rings. The van der Waals surface area contributed by atoms with Gasteiger partial charge in [0.15, 0.2) is 5.82 Å². The predicted octanol–water partition coefficient (Wildman–Crippen LogP) is 2.65. The molecule has 2 rings (SSSR count). The summed E-state index contributed by atoms with van der Waals surface area (Å²) in [4.78, 5) is 8.37. The van der Waals surface area contributed by atoms with Crippen LogP contribution in [0.5, 0.6) is 0 Å². The molecule has 92 valence electrons. The van der Waals surface area contributed by atoms with Gasteiger partial charge in [-0.2, -0.15) is 22.0 Å². The Balaban J connectivity index is 2.06. The van der Waals surface area contributed by atoms with Gasteiger partial charge >= 0.3 is 0 Å². The largest absolute Gasteiger partial charge is 0.332 e. The lowest BCUT2D eigenvalue weighted by Gasteiger charge is -1.93. The third-order valence-electron chi connectivity index (χ3n) is 2.16. The second-order valence-corrected chi connectivity index (χ2v) is 4.72. The number of pyridine rings is 1. The first-order valence-corrected chi connectivity index (χ1v) is 6.76. The first-order valence-electron chi connectivity index (χ1n) is 5.60. The van der Waals surface area contributed by atoms with E-state index in [1.54, 1.807) is 23.9 Å². The molecule has 0 unspecified atom stereocenters. The van der Waals surface area contributed by atoms with Gasteiger partial charge in [-0.05, 0) is 24.3 Å². The lowest BCUT2D eigenvalue weighted by atomic mass is 10.3. The highest BCUT2D eigenvalue weighted by Crippen LogP contribution is 2.17. The van der Waals surface area contributed by atoms with E-state index in [0.717, 1.165) is 17.9 Å². The Morgan fingerprint density at radius 2 is 2.33 bits per heavy atom. The second kappa shape index (κ2) is 6.17. The average Bonchev–Trinajstić information content (AvgIpc) is 2.88. The highest BCUT2D eigenvalue weighted by atomic mass is 32.2. The van der Waals surface area contributed by atoms with Crippen molar-refractivity contribution < 1.29 is 4.52 Å². The van der Waals surface area contributed by atoms with E-state index >= 15 is 0 Å². The van der Waals surface area contributed by atoms with Crippen LogP contribution in [0.1, 0.15) is 24.7 Å². The number of nitriles is 1. The topological polar surface area (TPSA) is 75.6 Å². The van der Waals surface area contributed by atoms with Crippen LogP contribution in [-0.4, -0.2) is 20.9 Å². The van der Waals surface area contributed by atoms with Gasteiger partial charge in [0.2, 0.25) is 0 Å². The summed E-state index contributed by atoms with van der Waals surface area (Å²) in [5.74, 6) is 2.90. The number of thioether (sulfide) groups is 1. The molecule has 0 atom stereocenters. The van der Waals surface area contributed by atoms with Crippen molar-refractivity contribution in [2.75, 3.05) is 5.75 Å². The van der Waals surface area contributed by atoms with E-state index in [1.165, 1.54) is 6.20 Å². The summed E-state index contributed by atoms with van der Waals surface area (Å²) in [5.41, 5.74) is 1.10. The minimum absolute atomic E-state index is 0.395. The Bertz CT molecular complexity index is 544. The first kappa shape index (κ1) is 12.6. The zero-order chi connectivity index (χ0) is 12.8. The van der Waals surface area contributed by atoms with Crippen molar-refractivity contribution in [1.29, 1.82) is 5.26 Å². The van der Waals surface area contributed by atoms with Crippen LogP contribution in [0, 0.1) is 11.3 Å². The lowest BCUT2D eigenvalue weighted by molar-refractivity contribution is 0.424. The summed E-state index contributed by atoms with van der Waals surface area (Å²) in [6, 6.07) is 5.39. The van der Waals surface area contributed by atoms with Crippen molar-refractivity contribution in [3.8, 4) is 17.7 Å². The highest BCUT2D eigenvalue weighted by Gasteiger charge is 2.09. The molecule has 0 bridgehead atoms. The molecule has 18 heavy (non-hydrogen) atoms. The van der Waals surface area contributed by atoms with Gasteiger partial charge in [-0.15, -0.1) is 0 Å². The SMILES string of the molecule is CCCSCc1noc(-c2ccc(C#N)cn2)n1. The van der Waals surface area contributed by atoms with Crippen molar-refractivity contribution in [2.45, 2.75) is 19.1 Å². The molecule has 0 spiro atoms. The number of nitrogens with zero attached hydrogens (tertiary/aromatic N) is 4. The van der Waals surface area contributed by atoms with Crippen LogP contribution < -0.4 is 0 Å². The molecule has 0 aromatic carbocycles. The van der Waals surface area contributed by atoms with Gasteiger partial charge < -0.3 is 4.52 Å². The Morgan fingerprint density at radius 1 is 1.44 bits per heavy atom. The van der Waals surface area contributed by atoms with Crippen LogP contribution in [0.15, 0.2) is 22.9 Å². The summed E-state index contributed by atoms with van der Waals surface area (Å²) in [7, 11) is 0. The summed E-state index contributed by atoms with van der Waals surface area (Å²) in [5, 5.41) is 12.6. The Hall–Kier alpha value is -1.87. The van der Waals surface area contributed by atoms with Crippen LogP contribution in [0.25, 0.3) is 11.6 Å². The van der Waals surface area contributed by atoms with Gasteiger partial charge in [0, 0.05) is 6.20 Å². The van der Waals surface area contributed by atoms with E-state index in [1.807, 2.05) is 6.07 Å². The zero-order valence-electron chi connectivity index (χ0n) is 9.96. The van der Waals surface area contributed by atoms with E-state index in [0.29, 0.717) is 23.0 Å². The molecule has 0 aliphatic carbocycles. The van der Waals surface area contributed by atoms with Gasteiger partial charge in [0.05, 0.1) is 11.3 Å². The average molecular weight is 260 g/mol. The number of aromatic nitrogens is 3. The van der Waals surface area contributed by atoms with Crippen molar-refractivity contribution in [1.82, 2.24) is 15.1 Å². The van der Waals surface area contributed by atoms with Crippen LogP contribution in [0.4, 0.5) is 0 Å². The van der Waals surface area contributed by atoms with Crippen molar-refractivity contribution >= 4 is 11.8 Å². The van der Waals surface area contributed by atoms with E-state index in [9.17, 15) is 0 Å². The predicted molar refractivity (Wildman–Crippen MR) is 68.7 cm³/mol. The monoisotopic (exact) mass is 260 g/mol. The standard InChI is InChI=1S/C12H12N4OS/c1-2-5-18-8-11-15-12(17-16-11)10-4-3-9(6-13)7-14-10/h3-4,7H,2,5,8H2,1H3.